The van der Waals surface area contributed by atoms with Gasteiger partial charge in [0.1, 0.15) is 22.3 Å². The number of aryl methyl sites for hydroxylation is 4. The normalized spacial score (nSPS) is 11.9. The quantitative estimate of drug-likeness (QED) is 0.341. The minimum absolute atomic E-state index is 0.120. The van der Waals surface area contributed by atoms with Crippen LogP contribution in [0.3, 0.4) is 0 Å². The van der Waals surface area contributed by atoms with Crippen LogP contribution in [0.5, 0.6) is 0 Å². The van der Waals surface area contributed by atoms with Crippen LogP contribution >= 0.6 is 0 Å². The van der Waals surface area contributed by atoms with E-state index in [1.165, 1.54) is 0 Å². The summed E-state index contributed by atoms with van der Waals surface area (Å²) in [6, 6.07) is 10.7. The summed E-state index contributed by atoms with van der Waals surface area (Å²) in [4.78, 5) is 26.2. The van der Waals surface area contributed by atoms with Gasteiger partial charge >= 0.3 is 0 Å². The van der Waals surface area contributed by atoms with Crippen molar-refractivity contribution in [2.24, 2.45) is 0 Å². The van der Waals surface area contributed by atoms with Crippen LogP contribution < -0.4 is 10.9 Å². The van der Waals surface area contributed by atoms with Gasteiger partial charge in [-0.05, 0) is 74.2 Å². The third-order valence-corrected chi connectivity index (χ3v) is 5.84. The molecule has 5 aromatic rings. The van der Waals surface area contributed by atoms with Crippen molar-refractivity contribution in [3.8, 4) is 0 Å². The van der Waals surface area contributed by atoms with Gasteiger partial charge in [0.15, 0.2) is 0 Å². The van der Waals surface area contributed by atoms with Gasteiger partial charge in [-0.3, -0.25) is 9.59 Å². The molecule has 0 saturated heterocycles. The molecule has 4 heteroatoms. The average Bonchev–Trinajstić information content (AvgIpc) is 2.68. The molecule has 5 rings (SSSR count). The zero-order valence-electron chi connectivity index (χ0n) is 16.1. The molecule has 2 heterocycles. The summed E-state index contributed by atoms with van der Waals surface area (Å²) in [6.45, 7) is 7.82. The van der Waals surface area contributed by atoms with Crippen molar-refractivity contribution in [2.75, 3.05) is 0 Å². The standard InChI is InChI=1S/C24H18O4/c1-11-5-7-15-21(25)17-10-20-18(9-19(17)27-23(15)13(11)3)22(26)16-8-6-12(2)14(4)24(16)28-20/h5-10H,1-4H3. The van der Waals surface area contributed by atoms with Crippen molar-refractivity contribution < 1.29 is 8.83 Å². The Morgan fingerprint density at radius 3 is 1.36 bits per heavy atom. The first-order valence-corrected chi connectivity index (χ1v) is 9.20. The second kappa shape index (κ2) is 5.55. The van der Waals surface area contributed by atoms with E-state index in [0.29, 0.717) is 43.9 Å². The molecule has 0 saturated carbocycles. The molecule has 0 amide bonds. The number of hydrogen-bond donors (Lipinski definition) is 0. The summed E-state index contributed by atoms with van der Waals surface area (Å²) in [5.74, 6) is 0. The molecule has 0 aliphatic carbocycles. The van der Waals surface area contributed by atoms with E-state index < -0.39 is 0 Å². The monoisotopic (exact) mass is 370 g/mol. The molecular formula is C24H18O4. The van der Waals surface area contributed by atoms with Crippen LogP contribution in [0.1, 0.15) is 22.3 Å². The van der Waals surface area contributed by atoms with Crippen molar-refractivity contribution in [3.63, 3.8) is 0 Å². The Hall–Kier alpha value is -3.40. The largest absolute Gasteiger partial charge is 0.455 e. The van der Waals surface area contributed by atoms with Crippen LogP contribution in [0.25, 0.3) is 43.9 Å². The first-order chi connectivity index (χ1) is 13.4. The summed E-state index contributed by atoms with van der Waals surface area (Å²) < 4.78 is 12.2. The molecule has 0 N–H and O–H groups in total. The second-order valence-electron chi connectivity index (χ2n) is 7.48. The molecule has 28 heavy (non-hydrogen) atoms. The van der Waals surface area contributed by atoms with Gasteiger partial charge in [0.2, 0.25) is 10.9 Å². The van der Waals surface area contributed by atoms with Crippen LogP contribution in [-0.2, 0) is 0 Å². The van der Waals surface area contributed by atoms with Gasteiger partial charge < -0.3 is 8.83 Å². The molecule has 3 aromatic carbocycles. The van der Waals surface area contributed by atoms with Gasteiger partial charge in [-0.15, -0.1) is 0 Å². The van der Waals surface area contributed by atoms with E-state index in [0.717, 1.165) is 22.3 Å². The number of benzene rings is 3. The first-order valence-electron chi connectivity index (χ1n) is 9.20. The summed E-state index contributed by atoms with van der Waals surface area (Å²) in [6.07, 6.45) is 0. The summed E-state index contributed by atoms with van der Waals surface area (Å²) in [5.41, 5.74) is 5.63. The van der Waals surface area contributed by atoms with E-state index in [1.54, 1.807) is 24.3 Å². The fourth-order valence-electron chi connectivity index (χ4n) is 3.79. The molecule has 0 radical (unpaired) electrons. The molecule has 138 valence electrons. The van der Waals surface area contributed by atoms with Crippen molar-refractivity contribution in [2.45, 2.75) is 27.7 Å². The van der Waals surface area contributed by atoms with Gasteiger partial charge in [-0.1, -0.05) is 12.1 Å². The number of rotatable bonds is 0. The maximum absolute atomic E-state index is 13.1. The highest BCUT2D eigenvalue weighted by Gasteiger charge is 2.16. The fraction of sp³-hybridized carbons (Fsp3) is 0.167. The van der Waals surface area contributed by atoms with Crippen LogP contribution in [-0.4, -0.2) is 0 Å². The lowest BCUT2D eigenvalue weighted by atomic mass is 10.0. The Morgan fingerprint density at radius 2 is 0.964 bits per heavy atom. The fourth-order valence-corrected chi connectivity index (χ4v) is 3.79. The highest BCUT2D eigenvalue weighted by Crippen LogP contribution is 2.29. The topological polar surface area (TPSA) is 60.4 Å². The minimum Gasteiger partial charge on any atom is -0.455 e. The Kier molecular flexibility index (Phi) is 3.32. The molecule has 4 nitrogen and oxygen atoms in total. The highest BCUT2D eigenvalue weighted by molar-refractivity contribution is 6.01. The maximum Gasteiger partial charge on any atom is 0.200 e. The Labute approximate surface area is 160 Å². The summed E-state index contributed by atoms with van der Waals surface area (Å²) in [5, 5.41) is 1.89. The lowest BCUT2D eigenvalue weighted by molar-refractivity contribution is 0.648. The van der Waals surface area contributed by atoms with Gasteiger partial charge in [0.05, 0.1) is 21.5 Å². The van der Waals surface area contributed by atoms with Crippen molar-refractivity contribution >= 4 is 43.9 Å². The molecule has 0 aliphatic rings. The van der Waals surface area contributed by atoms with Crippen LogP contribution in [0.2, 0.25) is 0 Å². The van der Waals surface area contributed by atoms with Crippen LogP contribution in [0.4, 0.5) is 0 Å². The van der Waals surface area contributed by atoms with Gasteiger partial charge in [-0.2, -0.15) is 0 Å². The van der Waals surface area contributed by atoms with E-state index in [4.69, 9.17) is 8.83 Å². The molecule has 0 spiro atoms. The summed E-state index contributed by atoms with van der Waals surface area (Å²) in [7, 11) is 0. The highest BCUT2D eigenvalue weighted by atomic mass is 16.3. The van der Waals surface area contributed by atoms with E-state index in [9.17, 15) is 9.59 Å². The smallest absolute Gasteiger partial charge is 0.200 e. The van der Waals surface area contributed by atoms with Gasteiger partial charge in [-0.25, -0.2) is 0 Å². The number of fused-ring (bicyclic) bond motifs is 4. The Balaban J connectivity index is 2.02. The Bertz CT molecular complexity index is 1460. The maximum atomic E-state index is 13.1. The molecular weight excluding hydrogens is 352 g/mol. The van der Waals surface area contributed by atoms with E-state index in [2.05, 4.69) is 0 Å². The summed E-state index contributed by atoms with van der Waals surface area (Å²) >= 11 is 0. The first kappa shape index (κ1) is 16.8. The zero-order valence-corrected chi connectivity index (χ0v) is 16.1. The van der Waals surface area contributed by atoms with Gasteiger partial charge in [0, 0.05) is 0 Å². The predicted octanol–water partition coefficient (Wildman–Crippen LogP) is 5.44. The van der Waals surface area contributed by atoms with E-state index >= 15 is 0 Å². The molecule has 2 aromatic heterocycles. The molecule has 0 bridgehead atoms. The van der Waals surface area contributed by atoms with Crippen molar-refractivity contribution in [1.29, 1.82) is 0 Å². The molecule has 0 atom stereocenters. The zero-order chi connectivity index (χ0) is 19.7. The van der Waals surface area contributed by atoms with E-state index in [1.807, 2.05) is 39.8 Å². The minimum atomic E-state index is -0.120. The third kappa shape index (κ3) is 2.12. The number of hydrogen-bond acceptors (Lipinski definition) is 4. The third-order valence-electron chi connectivity index (χ3n) is 5.84. The average molecular weight is 370 g/mol. The predicted molar refractivity (Wildman–Crippen MR) is 112 cm³/mol. The van der Waals surface area contributed by atoms with E-state index in [-0.39, 0.29) is 10.9 Å². The van der Waals surface area contributed by atoms with Crippen LogP contribution in [0.15, 0.2) is 54.8 Å². The second-order valence-corrected chi connectivity index (χ2v) is 7.48. The van der Waals surface area contributed by atoms with Crippen LogP contribution in [0, 0.1) is 27.7 Å². The van der Waals surface area contributed by atoms with Crippen molar-refractivity contribution in [3.05, 3.63) is 79.1 Å². The SMILES string of the molecule is Cc1ccc2c(=O)c3cc4oc5c(C)c(C)ccc5c(=O)c4cc3oc2c1C. The molecule has 0 fully saturated rings. The lowest BCUT2D eigenvalue weighted by Gasteiger charge is -2.09. The Morgan fingerprint density at radius 1 is 0.571 bits per heavy atom. The lowest BCUT2D eigenvalue weighted by Crippen LogP contribution is -2.07. The van der Waals surface area contributed by atoms with Crippen molar-refractivity contribution in [1.82, 2.24) is 0 Å². The molecule has 0 aliphatic heterocycles. The van der Waals surface area contributed by atoms with Gasteiger partial charge in [0.25, 0.3) is 0 Å². The molecule has 0 unspecified atom stereocenters.